The summed E-state index contributed by atoms with van der Waals surface area (Å²) < 4.78 is 6.61. The van der Waals surface area contributed by atoms with E-state index in [1.807, 2.05) is 33.8 Å². The van der Waals surface area contributed by atoms with E-state index < -0.39 is 6.09 Å². The number of aryl methyl sites for hydroxylation is 1. The van der Waals surface area contributed by atoms with E-state index in [4.69, 9.17) is 4.74 Å². The molecule has 5 nitrogen and oxygen atoms in total. The number of rotatable bonds is 2. The summed E-state index contributed by atoms with van der Waals surface area (Å²) in [7, 11) is 0. The molecule has 0 spiro atoms. The topological polar surface area (TPSA) is 56.1 Å². The molecule has 1 aromatic heterocycles. The second kappa shape index (κ2) is 4.55. The van der Waals surface area contributed by atoms with Gasteiger partial charge in [-0.15, -0.1) is 0 Å². The van der Waals surface area contributed by atoms with Gasteiger partial charge in [0.25, 0.3) is 0 Å². The molecule has 0 aliphatic heterocycles. The summed E-state index contributed by atoms with van der Waals surface area (Å²) in [4.78, 5) is 11.3. The molecule has 1 rings (SSSR count). The first kappa shape index (κ1) is 12.5. The Morgan fingerprint density at radius 1 is 1.56 bits per heavy atom. The highest BCUT2D eigenvalue weighted by Gasteiger charge is 2.20. The van der Waals surface area contributed by atoms with Gasteiger partial charge in [-0.25, -0.2) is 9.48 Å². The molecule has 0 radical (unpaired) electrons. The van der Waals surface area contributed by atoms with Gasteiger partial charge in [-0.05, 0) is 34.6 Å². The Morgan fingerprint density at radius 3 is 2.69 bits per heavy atom. The first-order valence-electron chi connectivity index (χ1n) is 5.35. The molecular weight excluding hydrogens is 206 g/mol. The Balaban J connectivity index is 2.91. The number of ether oxygens (including phenoxy) is 1. The lowest BCUT2D eigenvalue weighted by molar-refractivity contribution is 0.167. The fourth-order valence-corrected chi connectivity index (χ4v) is 1.37. The van der Waals surface area contributed by atoms with E-state index in [-0.39, 0.29) is 5.54 Å². The number of carbonyl (C=O) groups is 1. The second-order valence-corrected chi connectivity index (χ2v) is 4.60. The average Bonchev–Trinajstić information content (AvgIpc) is 2.46. The molecule has 0 unspecified atom stereocenters. The van der Waals surface area contributed by atoms with Crippen LogP contribution in [-0.2, 0) is 10.3 Å². The maximum atomic E-state index is 11.3. The van der Waals surface area contributed by atoms with Gasteiger partial charge < -0.3 is 4.74 Å². The molecule has 0 saturated heterocycles. The third-order valence-corrected chi connectivity index (χ3v) is 1.97. The molecule has 0 aromatic carbocycles. The van der Waals surface area contributed by atoms with Crippen LogP contribution in [0.3, 0.4) is 0 Å². The zero-order valence-electron chi connectivity index (χ0n) is 10.5. The summed E-state index contributed by atoms with van der Waals surface area (Å²) in [5, 5.41) is 7.02. The van der Waals surface area contributed by atoms with E-state index in [2.05, 4.69) is 10.4 Å². The van der Waals surface area contributed by atoms with Crippen molar-refractivity contribution in [2.75, 3.05) is 11.9 Å². The monoisotopic (exact) mass is 225 g/mol. The standard InChI is InChI=1S/C11H19N3O2/c1-6-16-10(15)12-9-7-8(2)13-14(9)11(3,4)5/h7H,6H2,1-5H3,(H,12,15). The molecule has 1 amide bonds. The van der Waals surface area contributed by atoms with Crippen LogP contribution in [0.25, 0.3) is 0 Å². The first-order valence-corrected chi connectivity index (χ1v) is 5.35. The van der Waals surface area contributed by atoms with Crippen LogP contribution in [-0.4, -0.2) is 22.5 Å². The molecule has 1 heterocycles. The van der Waals surface area contributed by atoms with Gasteiger partial charge in [-0.1, -0.05) is 0 Å². The summed E-state index contributed by atoms with van der Waals surface area (Å²) in [6.07, 6.45) is -0.451. The zero-order chi connectivity index (χ0) is 12.3. The Hall–Kier alpha value is -1.52. The average molecular weight is 225 g/mol. The van der Waals surface area contributed by atoms with Crippen molar-refractivity contribution in [3.63, 3.8) is 0 Å². The molecule has 0 saturated carbocycles. The quantitative estimate of drug-likeness (QED) is 0.841. The smallest absolute Gasteiger partial charge is 0.412 e. The zero-order valence-corrected chi connectivity index (χ0v) is 10.5. The maximum absolute atomic E-state index is 11.3. The van der Waals surface area contributed by atoms with Crippen LogP contribution in [0.4, 0.5) is 10.6 Å². The summed E-state index contributed by atoms with van der Waals surface area (Å²) in [6, 6.07) is 1.82. The molecule has 1 N–H and O–H groups in total. The second-order valence-electron chi connectivity index (χ2n) is 4.60. The van der Waals surface area contributed by atoms with Gasteiger partial charge in [-0.2, -0.15) is 5.10 Å². The number of amides is 1. The number of nitrogens with zero attached hydrogens (tertiary/aromatic N) is 2. The minimum Gasteiger partial charge on any atom is -0.450 e. The van der Waals surface area contributed by atoms with Crippen molar-refractivity contribution < 1.29 is 9.53 Å². The third-order valence-electron chi connectivity index (χ3n) is 1.97. The number of hydrogen-bond acceptors (Lipinski definition) is 3. The molecule has 0 atom stereocenters. The predicted octanol–water partition coefficient (Wildman–Crippen LogP) is 2.51. The Labute approximate surface area is 95.8 Å². The van der Waals surface area contributed by atoms with Crippen molar-refractivity contribution in [3.05, 3.63) is 11.8 Å². The van der Waals surface area contributed by atoms with E-state index in [0.29, 0.717) is 12.4 Å². The minimum atomic E-state index is -0.451. The van der Waals surface area contributed by atoms with Crippen LogP contribution in [0.1, 0.15) is 33.4 Å². The van der Waals surface area contributed by atoms with Crippen molar-refractivity contribution in [2.24, 2.45) is 0 Å². The van der Waals surface area contributed by atoms with Crippen molar-refractivity contribution >= 4 is 11.9 Å². The Morgan fingerprint density at radius 2 is 2.19 bits per heavy atom. The van der Waals surface area contributed by atoms with Crippen LogP contribution in [0.15, 0.2) is 6.07 Å². The highest BCUT2D eigenvalue weighted by molar-refractivity contribution is 5.83. The Bertz CT molecular complexity index is 377. The van der Waals surface area contributed by atoms with Crippen LogP contribution in [0.5, 0.6) is 0 Å². The number of nitrogens with one attached hydrogen (secondary N) is 1. The molecule has 0 aliphatic carbocycles. The Kier molecular flexibility index (Phi) is 3.57. The number of hydrogen-bond donors (Lipinski definition) is 1. The SMILES string of the molecule is CCOC(=O)Nc1cc(C)nn1C(C)(C)C. The molecule has 0 bridgehead atoms. The summed E-state index contributed by atoms with van der Waals surface area (Å²) in [5.74, 6) is 0.656. The summed E-state index contributed by atoms with van der Waals surface area (Å²) in [5.41, 5.74) is 0.685. The van der Waals surface area contributed by atoms with Gasteiger partial charge in [-0.3, -0.25) is 5.32 Å². The molecule has 1 aromatic rings. The highest BCUT2D eigenvalue weighted by Crippen LogP contribution is 2.21. The molecular formula is C11H19N3O2. The van der Waals surface area contributed by atoms with E-state index in [1.54, 1.807) is 11.6 Å². The normalized spacial score (nSPS) is 11.3. The van der Waals surface area contributed by atoms with Crippen LogP contribution < -0.4 is 5.32 Å². The molecule has 5 heteroatoms. The lowest BCUT2D eigenvalue weighted by Gasteiger charge is -2.22. The fourth-order valence-electron chi connectivity index (χ4n) is 1.37. The van der Waals surface area contributed by atoms with Gasteiger partial charge in [0.2, 0.25) is 0 Å². The molecule has 0 aliphatic rings. The molecule has 16 heavy (non-hydrogen) atoms. The summed E-state index contributed by atoms with van der Waals surface area (Å²) >= 11 is 0. The van der Waals surface area contributed by atoms with Crippen LogP contribution in [0.2, 0.25) is 0 Å². The van der Waals surface area contributed by atoms with Crippen molar-refractivity contribution in [3.8, 4) is 0 Å². The number of anilines is 1. The number of aromatic nitrogens is 2. The van der Waals surface area contributed by atoms with E-state index in [1.165, 1.54) is 0 Å². The van der Waals surface area contributed by atoms with Gasteiger partial charge >= 0.3 is 6.09 Å². The summed E-state index contributed by atoms with van der Waals surface area (Å²) in [6.45, 7) is 10.1. The van der Waals surface area contributed by atoms with Gasteiger partial charge in [0.1, 0.15) is 5.82 Å². The van der Waals surface area contributed by atoms with E-state index in [9.17, 15) is 4.79 Å². The first-order chi connectivity index (χ1) is 7.34. The van der Waals surface area contributed by atoms with E-state index >= 15 is 0 Å². The molecule has 0 fully saturated rings. The maximum Gasteiger partial charge on any atom is 0.412 e. The molecule has 90 valence electrons. The lowest BCUT2D eigenvalue weighted by atomic mass is 10.1. The lowest BCUT2D eigenvalue weighted by Crippen LogP contribution is -2.27. The van der Waals surface area contributed by atoms with Gasteiger partial charge in [0.05, 0.1) is 17.8 Å². The van der Waals surface area contributed by atoms with Crippen molar-refractivity contribution in [2.45, 2.75) is 40.2 Å². The van der Waals surface area contributed by atoms with Crippen molar-refractivity contribution in [1.29, 1.82) is 0 Å². The van der Waals surface area contributed by atoms with Crippen LogP contribution in [0, 0.1) is 6.92 Å². The van der Waals surface area contributed by atoms with Gasteiger partial charge in [0.15, 0.2) is 0 Å². The van der Waals surface area contributed by atoms with E-state index in [0.717, 1.165) is 5.69 Å². The number of carbonyl (C=O) groups excluding carboxylic acids is 1. The highest BCUT2D eigenvalue weighted by atomic mass is 16.5. The minimum absolute atomic E-state index is 0.177. The third kappa shape index (κ3) is 2.98. The largest absolute Gasteiger partial charge is 0.450 e. The predicted molar refractivity (Wildman–Crippen MR) is 62.6 cm³/mol. The van der Waals surface area contributed by atoms with Crippen LogP contribution >= 0.6 is 0 Å². The van der Waals surface area contributed by atoms with Gasteiger partial charge in [0, 0.05) is 6.07 Å². The van der Waals surface area contributed by atoms with Crippen molar-refractivity contribution in [1.82, 2.24) is 9.78 Å². The fraction of sp³-hybridized carbons (Fsp3) is 0.636.